The summed E-state index contributed by atoms with van der Waals surface area (Å²) < 4.78 is 0. The van der Waals surface area contributed by atoms with Crippen LogP contribution < -0.4 is 4.90 Å². The Bertz CT molecular complexity index is 491. The van der Waals surface area contributed by atoms with E-state index >= 15 is 0 Å². The highest BCUT2D eigenvalue weighted by atomic mass is 35.5. The van der Waals surface area contributed by atoms with Crippen LogP contribution >= 0.6 is 11.6 Å². The summed E-state index contributed by atoms with van der Waals surface area (Å²) >= 11 is 6.20. The van der Waals surface area contributed by atoms with Gasteiger partial charge in [-0.05, 0) is 24.3 Å². The first-order valence-corrected chi connectivity index (χ1v) is 7.58. The van der Waals surface area contributed by atoms with Gasteiger partial charge in [-0.2, -0.15) is 0 Å². The fourth-order valence-electron chi connectivity index (χ4n) is 3.13. The lowest BCUT2D eigenvalue weighted by molar-refractivity contribution is -0.384. The van der Waals surface area contributed by atoms with E-state index in [0.717, 1.165) is 25.9 Å². The van der Waals surface area contributed by atoms with Gasteiger partial charge in [0.25, 0.3) is 5.69 Å². The Kier molecular flexibility index (Phi) is 4.53. The molecule has 1 aliphatic heterocycles. The molecule has 2 rings (SSSR count). The Morgan fingerprint density at radius 1 is 1.30 bits per heavy atom. The van der Waals surface area contributed by atoms with Gasteiger partial charge >= 0.3 is 0 Å². The van der Waals surface area contributed by atoms with E-state index in [1.54, 1.807) is 12.1 Å². The highest BCUT2D eigenvalue weighted by Crippen LogP contribution is 2.42. The first kappa shape index (κ1) is 15.1. The number of nitro groups is 1. The zero-order chi connectivity index (χ0) is 14.8. The maximum Gasteiger partial charge on any atom is 0.294 e. The van der Waals surface area contributed by atoms with Gasteiger partial charge in [-0.1, -0.05) is 44.4 Å². The van der Waals surface area contributed by atoms with E-state index in [1.807, 2.05) is 0 Å². The number of para-hydroxylation sites is 1. The highest BCUT2D eigenvalue weighted by molar-refractivity contribution is 6.33. The topological polar surface area (TPSA) is 46.4 Å². The van der Waals surface area contributed by atoms with Crippen LogP contribution in [-0.4, -0.2) is 18.0 Å². The summed E-state index contributed by atoms with van der Waals surface area (Å²) in [5, 5.41) is 11.6. The molecule has 0 bridgehead atoms. The summed E-state index contributed by atoms with van der Waals surface area (Å²) in [6, 6.07) is 4.89. The molecule has 20 heavy (non-hydrogen) atoms. The summed E-state index contributed by atoms with van der Waals surface area (Å²) in [5.74, 6) is 0. The number of halogens is 1. The molecule has 1 saturated heterocycles. The number of nitro benzene ring substituents is 1. The lowest BCUT2D eigenvalue weighted by atomic mass is 9.74. The third-order valence-electron chi connectivity index (χ3n) is 4.80. The van der Waals surface area contributed by atoms with Crippen LogP contribution in [0.15, 0.2) is 18.2 Å². The Labute approximate surface area is 124 Å². The molecule has 1 aromatic carbocycles. The average Bonchev–Trinajstić information content (AvgIpc) is 2.47. The molecule has 0 aromatic heterocycles. The molecule has 1 fully saturated rings. The van der Waals surface area contributed by atoms with E-state index in [-0.39, 0.29) is 10.6 Å². The molecule has 5 heteroatoms. The molecule has 0 spiro atoms. The number of anilines is 1. The molecule has 0 radical (unpaired) electrons. The van der Waals surface area contributed by atoms with Crippen molar-refractivity contribution in [1.29, 1.82) is 0 Å². The van der Waals surface area contributed by atoms with Crippen LogP contribution in [-0.2, 0) is 0 Å². The van der Waals surface area contributed by atoms with Gasteiger partial charge < -0.3 is 4.90 Å². The van der Waals surface area contributed by atoms with Crippen molar-refractivity contribution in [3.05, 3.63) is 33.3 Å². The summed E-state index contributed by atoms with van der Waals surface area (Å²) in [4.78, 5) is 12.9. The molecule has 110 valence electrons. The van der Waals surface area contributed by atoms with Crippen molar-refractivity contribution in [2.24, 2.45) is 5.41 Å². The van der Waals surface area contributed by atoms with Crippen molar-refractivity contribution >= 4 is 23.0 Å². The van der Waals surface area contributed by atoms with E-state index in [4.69, 9.17) is 11.6 Å². The van der Waals surface area contributed by atoms with Crippen molar-refractivity contribution in [3.8, 4) is 0 Å². The van der Waals surface area contributed by atoms with Gasteiger partial charge in [-0.15, -0.1) is 0 Å². The monoisotopic (exact) mass is 296 g/mol. The van der Waals surface area contributed by atoms with E-state index in [9.17, 15) is 10.1 Å². The van der Waals surface area contributed by atoms with E-state index in [1.165, 1.54) is 18.9 Å². The van der Waals surface area contributed by atoms with Crippen molar-refractivity contribution in [1.82, 2.24) is 0 Å². The van der Waals surface area contributed by atoms with Crippen LogP contribution in [0.3, 0.4) is 0 Å². The van der Waals surface area contributed by atoms with E-state index in [0.29, 0.717) is 16.1 Å². The SMILES string of the molecule is CCC1(CC)CCN(c2c(Cl)cccc2[N+](=O)[O-])CC1. The lowest BCUT2D eigenvalue weighted by Gasteiger charge is -2.41. The van der Waals surface area contributed by atoms with Crippen LogP contribution in [0.5, 0.6) is 0 Å². The zero-order valence-corrected chi connectivity index (χ0v) is 12.8. The molecule has 0 amide bonds. The lowest BCUT2D eigenvalue weighted by Crippen LogP contribution is -2.40. The zero-order valence-electron chi connectivity index (χ0n) is 12.1. The first-order valence-electron chi connectivity index (χ1n) is 7.21. The van der Waals surface area contributed by atoms with Gasteiger partial charge in [-0.3, -0.25) is 10.1 Å². The fraction of sp³-hybridized carbons (Fsp3) is 0.600. The van der Waals surface area contributed by atoms with Crippen LogP contribution in [0.4, 0.5) is 11.4 Å². The van der Waals surface area contributed by atoms with Gasteiger partial charge in [0.1, 0.15) is 5.69 Å². The molecule has 1 heterocycles. The predicted octanol–water partition coefficient (Wildman–Crippen LogP) is 4.65. The van der Waals surface area contributed by atoms with Crippen molar-refractivity contribution in [2.75, 3.05) is 18.0 Å². The minimum absolute atomic E-state index is 0.109. The normalized spacial score (nSPS) is 18.1. The third kappa shape index (κ3) is 2.75. The smallest absolute Gasteiger partial charge is 0.294 e. The van der Waals surface area contributed by atoms with Crippen LogP contribution in [0, 0.1) is 15.5 Å². The molecule has 0 saturated carbocycles. The fourth-order valence-corrected chi connectivity index (χ4v) is 3.42. The second kappa shape index (κ2) is 6.00. The average molecular weight is 297 g/mol. The largest absolute Gasteiger partial charge is 0.365 e. The van der Waals surface area contributed by atoms with E-state index < -0.39 is 0 Å². The van der Waals surface area contributed by atoms with Gasteiger partial charge in [0.15, 0.2) is 0 Å². The molecule has 1 aromatic rings. The molecule has 0 aliphatic carbocycles. The summed E-state index contributed by atoms with van der Waals surface area (Å²) in [6.07, 6.45) is 4.48. The molecule has 0 N–H and O–H groups in total. The number of hydrogen-bond donors (Lipinski definition) is 0. The predicted molar refractivity (Wildman–Crippen MR) is 82.6 cm³/mol. The van der Waals surface area contributed by atoms with Crippen LogP contribution in [0.25, 0.3) is 0 Å². The number of benzene rings is 1. The van der Waals surface area contributed by atoms with Gasteiger partial charge in [-0.25, -0.2) is 0 Å². The Balaban J connectivity index is 2.25. The maximum absolute atomic E-state index is 11.2. The van der Waals surface area contributed by atoms with E-state index in [2.05, 4.69) is 18.7 Å². The van der Waals surface area contributed by atoms with Gasteiger partial charge in [0.05, 0.1) is 9.95 Å². The van der Waals surface area contributed by atoms with Crippen molar-refractivity contribution < 1.29 is 4.92 Å². The molecule has 4 nitrogen and oxygen atoms in total. The van der Waals surface area contributed by atoms with Crippen molar-refractivity contribution in [3.63, 3.8) is 0 Å². The second-order valence-corrected chi connectivity index (χ2v) is 5.97. The number of piperidine rings is 1. The summed E-state index contributed by atoms with van der Waals surface area (Å²) in [5.41, 5.74) is 1.09. The number of hydrogen-bond acceptors (Lipinski definition) is 3. The summed E-state index contributed by atoms with van der Waals surface area (Å²) in [7, 11) is 0. The molecular weight excluding hydrogens is 276 g/mol. The highest BCUT2D eigenvalue weighted by Gasteiger charge is 2.33. The van der Waals surface area contributed by atoms with Gasteiger partial charge in [0, 0.05) is 19.2 Å². The molecule has 0 atom stereocenters. The quantitative estimate of drug-likeness (QED) is 0.600. The van der Waals surface area contributed by atoms with Gasteiger partial charge in [0.2, 0.25) is 0 Å². The molecular formula is C15H21ClN2O2. The minimum Gasteiger partial charge on any atom is -0.365 e. The summed E-state index contributed by atoms with van der Waals surface area (Å²) in [6.45, 7) is 6.15. The van der Waals surface area contributed by atoms with Crippen molar-refractivity contribution in [2.45, 2.75) is 39.5 Å². The minimum atomic E-state index is -0.345. The standard InChI is InChI=1S/C15H21ClN2O2/c1-3-15(4-2)8-10-17(11-9-15)14-12(16)6-5-7-13(14)18(19)20/h5-7H,3-4,8-11H2,1-2H3. The maximum atomic E-state index is 11.2. The Morgan fingerprint density at radius 3 is 2.40 bits per heavy atom. The Morgan fingerprint density at radius 2 is 1.90 bits per heavy atom. The second-order valence-electron chi connectivity index (χ2n) is 5.56. The van der Waals surface area contributed by atoms with Crippen LogP contribution in [0.1, 0.15) is 39.5 Å². The number of rotatable bonds is 4. The molecule has 1 aliphatic rings. The van der Waals surface area contributed by atoms with Crippen LogP contribution in [0.2, 0.25) is 5.02 Å². The first-order chi connectivity index (χ1) is 9.53. The number of nitrogens with zero attached hydrogens (tertiary/aromatic N) is 2. The molecule has 0 unspecified atom stereocenters. The Hall–Kier alpha value is -1.29. The third-order valence-corrected chi connectivity index (χ3v) is 5.11.